The minimum absolute atomic E-state index is 0.00130. The summed E-state index contributed by atoms with van der Waals surface area (Å²) < 4.78 is 0. The molecule has 0 heterocycles. The first-order valence-corrected chi connectivity index (χ1v) is 30.7. The van der Waals surface area contributed by atoms with Gasteiger partial charge in [0, 0.05) is 63.8 Å². The van der Waals surface area contributed by atoms with E-state index in [4.69, 9.17) is 5.11 Å². The van der Waals surface area contributed by atoms with Crippen LogP contribution in [0.25, 0.3) is 10.8 Å². The number of carboxylic acid groups (broad SMARTS) is 4. The Morgan fingerprint density at radius 1 is 0.429 bits per heavy atom. The standard InChI is InChI=1S/C64H88N6O21/c1-2-56(79)66-51(37-72)55(78)35-45(36-71)60(84)68-52(38-73)54(77)34-44(30-39-22-25-47(75)26-23-39)59(83)67-50(32-40-21-24-41-14-10-11-15-42(41)31-40)53(76)33-43(61(85)86)16-6-5-8-18-46(74)17-7-3-4-9-20-57(80)65-29-13-12-19-48(62(87)88)69-64(91)70-49(63(89)90)27-28-58(81)82/h10-11,14-15,21-26,31,43-45,48-52,71-73,75H,2-9,12-13,16-20,27-30,32-38H2,1H3,(H,65,80)(H,66,79)(H,67,83)(H,68,84)(H,81,82)(H,85,86)(H,87,88)(H,89,90)(H2,69,70,91)/t43-,44-,45-,48-,49-,50+,51?,52?/m0/s1. The molecule has 3 aromatic rings. The number of aliphatic hydroxyl groups is 3. The van der Waals surface area contributed by atoms with Crippen molar-refractivity contribution in [1.82, 2.24) is 31.9 Å². The molecule has 0 bridgehead atoms. The number of phenols is 1. The van der Waals surface area contributed by atoms with Crippen LogP contribution in [-0.4, -0.2) is 174 Å². The van der Waals surface area contributed by atoms with Crippen molar-refractivity contribution in [2.24, 2.45) is 17.8 Å². The summed E-state index contributed by atoms with van der Waals surface area (Å²) >= 11 is 0. The number of carbonyl (C=O) groups is 13. The minimum Gasteiger partial charge on any atom is -0.508 e. The van der Waals surface area contributed by atoms with Gasteiger partial charge < -0.3 is 72.8 Å². The molecule has 0 saturated heterocycles. The van der Waals surface area contributed by atoms with E-state index >= 15 is 0 Å². The van der Waals surface area contributed by atoms with Gasteiger partial charge in [-0.1, -0.05) is 87.2 Å². The molecule has 27 heteroatoms. The molecule has 8 atom stereocenters. The number of phenolic OH excluding ortho intramolecular Hbond substituents is 1. The fourth-order valence-electron chi connectivity index (χ4n) is 9.97. The molecule has 0 aliphatic rings. The van der Waals surface area contributed by atoms with E-state index < -0.39 is 165 Å². The molecule has 0 spiro atoms. The van der Waals surface area contributed by atoms with Crippen molar-refractivity contribution in [2.45, 2.75) is 178 Å². The van der Waals surface area contributed by atoms with Gasteiger partial charge in [-0.25, -0.2) is 14.4 Å². The van der Waals surface area contributed by atoms with Crippen LogP contribution in [0.1, 0.15) is 146 Å². The minimum atomic E-state index is -1.65. The zero-order valence-corrected chi connectivity index (χ0v) is 51.2. The predicted octanol–water partition coefficient (Wildman–Crippen LogP) is 3.20. The summed E-state index contributed by atoms with van der Waals surface area (Å²) in [6.07, 6.45) is 2.47. The van der Waals surface area contributed by atoms with E-state index in [1.54, 1.807) is 6.07 Å². The van der Waals surface area contributed by atoms with Gasteiger partial charge in [0.25, 0.3) is 0 Å². The maximum Gasteiger partial charge on any atom is 0.326 e. The van der Waals surface area contributed by atoms with Crippen LogP contribution >= 0.6 is 0 Å². The van der Waals surface area contributed by atoms with Crippen molar-refractivity contribution in [1.29, 1.82) is 0 Å². The van der Waals surface area contributed by atoms with Gasteiger partial charge in [0.15, 0.2) is 17.3 Å². The number of carboxylic acids is 4. The Balaban J connectivity index is 1.55. The lowest BCUT2D eigenvalue weighted by Crippen LogP contribution is -2.51. The number of Topliss-reactive ketones (excluding diaryl/α,β-unsaturated/α-hetero) is 4. The average Bonchev–Trinajstić information content (AvgIpc) is 2.29. The van der Waals surface area contributed by atoms with Gasteiger partial charge in [-0.05, 0) is 98.2 Å². The van der Waals surface area contributed by atoms with Crippen LogP contribution in [-0.2, 0) is 70.4 Å². The van der Waals surface area contributed by atoms with Crippen molar-refractivity contribution in [3.05, 3.63) is 77.9 Å². The second-order valence-corrected chi connectivity index (χ2v) is 22.6. The number of fused-ring (bicyclic) bond motifs is 1. The highest BCUT2D eigenvalue weighted by Crippen LogP contribution is 2.23. The molecule has 91 heavy (non-hydrogen) atoms. The molecule has 3 rings (SSSR count). The Kier molecular flexibility index (Phi) is 35.0. The molecule has 2 unspecified atom stereocenters. The van der Waals surface area contributed by atoms with Crippen LogP contribution < -0.4 is 31.9 Å². The van der Waals surface area contributed by atoms with E-state index in [1.165, 1.54) is 31.2 Å². The monoisotopic (exact) mass is 1280 g/mol. The number of aliphatic hydroxyl groups excluding tert-OH is 3. The van der Waals surface area contributed by atoms with Crippen molar-refractivity contribution in [3.63, 3.8) is 0 Å². The third-order valence-electron chi connectivity index (χ3n) is 15.4. The van der Waals surface area contributed by atoms with Crippen LogP contribution in [0.2, 0.25) is 0 Å². The summed E-state index contributed by atoms with van der Waals surface area (Å²) in [7, 11) is 0. The molecule has 0 radical (unpaired) electrons. The van der Waals surface area contributed by atoms with Crippen LogP contribution in [0.15, 0.2) is 66.7 Å². The first-order valence-electron chi connectivity index (χ1n) is 30.7. The summed E-state index contributed by atoms with van der Waals surface area (Å²) in [6.45, 7) is -0.882. The number of ketones is 4. The smallest absolute Gasteiger partial charge is 0.326 e. The number of aliphatic carboxylic acids is 4. The van der Waals surface area contributed by atoms with E-state index in [2.05, 4.69) is 31.9 Å². The van der Waals surface area contributed by atoms with Crippen LogP contribution in [0.5, 0.6) is 5.75 Å². The number of benzene rings is 3. The third kappa shape index (κ3) is 29.7. The maximum absolute atomic E-state index is 14.5. The molecule has 0 saturated carbocycles. The molecule has 27 nitrogen and oxygen atoms in total. The Labute approximate surface area is 526 Å². The summed E-state index contributed by atoms with van der Waals surface area (Å²) in [5.74, 6) is -14.2. The van der Waals surface area contributed by atoms with E-state index in [-0.39, 0.29) is 68.9 Å². The van der Waals surface area contributed by atoms with Gasteiger partial charge >= 0.3 is 29.9 Å². The number of rotatable bonds is 48. The predicted molar refractivity (Wildman–Crippen MR) is 328 cm³/mol. The lowest BCUT2D eigenvalue weighted by atomic mass is 9.88. The maximum atomic E-state index is 14.5. The lowest BCUT2D eigenvalue weighted by Gasteiger charge is -2.25. The Bertz CT molecular complexity index is 2940. The van der Waals surface area contributed by atoms with Gasteiger partial charge in [-0.2, -0.15) is 0 Å². The largest absolute Gasteiger partial charge is 0.508 e. The van der Waals surface area contributed by atoms with E-state index in [1.807, 2.05) is 36.4 Å². The van der Waals surface area contributed by atoms with Gasteiger partial charge in [0.05, 0.1) is 37.7 Å². The number of urea groups is 1. The summed E-state index contributed by atoms with van der Waals surface area (Å²) in [5, 5.41) is 94.0. The average molecular weight is 1280 g/mol. The van der Waals surface area contributed by atoms with Crippen molar-refractivity contribution in [2.75, 3.05) is 26.4 Å². The molecule has 0 aliphatic carbocycles. The van der Waals surface area contributed by atoms with Crippen LogP contribution in [0.4, 0.5) is 4.79 Å². The molecule has 0 fully saturated rings. The normalized spacial score (nSPS) is 13.8. The summed E-state index contributed by atoms with van der Waals surface area (Å²) in [6, 6.07) is 10.3. The summed E-state index contributed by atoms with van der Waals surface area (Å²) in [5.41, 5.74) is 1.10. The zero-order valence-electron chi connectivity index (χ0n) is 51.2. The summed E-state index contributed by atoms with van der Waals surface area (Å²) in [4.78, 5) is 165. The van der Waals surface area contributed by atoms with E-state index in [9.17, 15) is 98.1 Å². The van der Waals surface area contributed by atoms with E-state index in [0.29, 0.717) is 75.3 Å². The number of unbranched alkanes of at least 4 members (excludes halogenated alkanes) is 6. The number of hydrogen-bond donors (Lipinski definition) is 14. The highest BCUT2D eigenvalue weighted by Gasteiger charge is 2.35. The van der Waals surface area contributed by atoms with Gasteiger partial charge in [0.2, 0.25) is 23.6 Å². The van der Waals surface area contributed by atoms with Crippen molar-refractivity contribution in [3.8, 4) is 5.75 Å². The molecular weight excluding hydrogens is 1190 g/mol. The fraction of sp³-hybridized carbons (Fsp3) is 0.547. The second-order valence-electron chi connectivity index (χ2n) is 22.6. The molecule has 3 aromatic carbocycles. The van der Waals surface area contributed by atoms with Gasteiger partial charge in [-0.3, -0.25) is 47.9 Å². The van der Waals surface area contributed by atoms with Gasteiger partial charge in [-0.15, -0.1) is 0 Å². The number of carbonyl (C=O) groups excluding carboxylic acids is 9. The second kappa shape index (κ2) is 41.6. The van der Waals surface area contributed by atoms with Crippen LogP contribution in [0, 0.1) is 17.8 Å². The molecule has 14 N–H and O–H groups in total. The van der Waals surface area contributed by atoms with Crippen molar-refractivity contribution >= 4 is 87.4 Å². The molecular formula is C64H88N6O21. The third-order valence-corrected chi connectivity index (χ3v) is 15.4. The first-order chi connectivity index (χ1) is 43.4. The number of hydrogen-bond acceptors (Lipinski definition) is 17. The lowest BCUT2D eigenvalue weighted by molar-refractivity contribution is -0.144. The SMILES string of the molecule is CCC(=O)NC(CO)C(=O)C[C@@H](CO)C(=O)NC(CO)C(=O)C[C@H](Cc1ccc(O)cc1)C(=O)N[C@H](Cc1ccc2ccccc2c1)C(=O)C[C@H](CCCCCC(=O)CCCCCCC(=O)NCCCC[C@H](NC(=O)N[C@@H](CCC(=O)O)C(=O)O)C(=O)O)C(=O)O. The Hall–Kier alpha value is -8.69. The fourth-order valence-corrected chi connectivity index (χ4v) is 9.97. The van der Waals surface area contributed by atoms with Crippen LogP contribution in [0.3, 0.4) is 0 Å². The highest BCUT2D eigenvalue weighted by molar-refractivity contribution is 5.97. The van der Waals surface area contributed by atoms with E-state index in [0.717, 1.165) is 10.8 Å². The number of amides is 6. The number of nitrogens with one attached hydrogen (secondary N) is 6. The zero-order chi connectivity index (χ0) is 67.4. The van der Waals surface area contributed by atoms with Crippen molar-refractivity contribution < 1.29 is 103 Å². The molecule has 0 aliphatic heterocycles. The quantitative estimate of drug-likeness (QED) is 0.0361. The molecule has 6 amide bonds. The Morgan fingerprint density at radius 2 is 0.945 bits per heavy atom. The number of aromatic hydroxyl groups is 1. The topological polar surface area (TPSA) is 456 Å². The molecule has 500 valence electrons. The Morgan fingerprint density at radius 3 is 1.53 bits per heavy atom. The first kappa shape index (κ1) is 76.6. The van der Waals surface area contributed by atoms with Gasteiger partial charge in [0.1, 0.15) is 35.7 Å². The highest BCUT2D eigenvalue weighted by atomic mass is 16.4. The molecule has 0 aromatic heterocycles.